The van der Waals surface area contributed by atoms with Gasteiger partial charge < -0.3 is 9.84 Å². The lowest BCUT2D eigenvalue weighted by Gasteiger charge is -2.34. The lowest BCUT2D eigenvalue weighted by atomic mass is 9.78. The van der Waals surface area contributed by atoms with Crippen molar-refractivity contribution in [2.45, 2.75) is 44.6 Å². The summed E-state index contributed by atoms with van der Waals surface area (Å²) in [7, 11) is 0. The second kappa shape index (κ2) is 6.07. The molecule has 0 aliphatic heterocycles. The van der Waals surface area contributed by atoms with E-state index in [9.17, 15) is 5.11 Å². The Morgan fingerprint density at radius 3 is 2.78 bits per heavy atom. The molecule has 18 heavy (non-hydrogen) atoms. The number of benzene rings is 1. The smallest absolute Gasteiger partial charge is 0.120 e. The average Bonchev–Trinajstić information content (AvgIpc) is 2.34. The van der Waals surface area contributed by atoms with Gasteiger partial charge >= 0.3 is 0 Å². The third-order valence-electron chi connectivity index (χ3n) is 3.84. The third-order valence-corrected chi connectivity index (χ3v) is 4.33. The molecule has 1 fully saturated rings. The maximum Gasteiger partial charge on any atom is 0.120 e. The number of halogens is 1. The summed E-state index contributed by atoms with van der Waals surface area (Å²) >= 11 is 3.42. The largest absolute Gasteiger partial charge is 0.493 e. The van der Waals surface area contributed by atoms with E-state index in [1.807, 2.05) is 24.3 Å². The van der Waals surface area contributed by atoms with Crippen molar-refractivity contribution in [3.05, 3.63) is 28.7 Å². The van der Waals surface area contributed by atoms with Crippen LogP contribution >= 0.6 is 15.9 Å². The van der Waals surface area contributed by atoms with Crippen molar-refractivity contribution < 1.29 is 9.84 Å². The first-order valence-electron chi connectivity index (χ1n) is 6.68. The Kier molecular flexibility index (Phi) is 4.68. The molecule has 1 aromatic carbocycles. The number of hydrogen-bond donors (Lipinski definition) is 1. The van der Waals surface area contributed by atoms with E-state index in [0.29, 0.717) is 6.61 Å². The first kappa shape index (κ1) is 13.9. The summed E-state index contributed by atoms with van der Waals surface area (Å²) in [6.07, 6.45) is 4.82. The van der Waals surface area contributed by atoms with Gasteiger partial charge in [-0.25, -0.2) is 0 Å². The van der Waals surface area contributed by atoms with E-state index in [1.54, 1.807) is 0 Å². The second-order valence-electron chi connectivity index (χ2n) is 5.46. The number of aliphatic hydroxyl groups is 1. The van der Waals surface area contributed by atoms with Gasteiger partial charge in [-0.05, 0) is 49.8 Å². The zero-order valence-corrected chi connectivity index (χ0v) is 12.4. The highest BCUT2D eigenvalue weighted by molar-refractivity contribution is 9.10. The fraction of sp³-hybridized carbons (Fsp3) is 0.600. The van der Waals surface area contributed by atoms with E-state index < -0.39 is 5.60 Å². The van der Waals surface area contributed by atoms with Crippen LogP contribution in [0.4, 0.5) is 0 Å². The molecule has 1 N–H and O–H groups in total. The van der Waals surface area contributed by atoms with E-state index in [2.05, 4.69) is 22.9 Å². The molecule has 1 saturated carbocycles. The van der Waals surface area contributed by atoms with E-state index >= 15 is 0 Å². The highest BCUT2D eigenvalue weighted by Crippen LogP contribution is 2.34. The Balaban J connectivity index is 1.78. The van der Waals surface area contributed by atoms with E-state index in [4.69, 9.17) is 4.74 Å². The summed E-state index contributed by atoms with van der Waals surface area (Å²) in [4.78, 5) is 0. The zero-order valence-electron chi connectivity index (χ0n) is 10.9. The van der Waals surface area contributed by atoms with Gasteiger partial charge in [0.15, 0.2) is 0 Å². The van der Waals surface area contributed by atoms with E-state index in [1.165, 1.54) is 0 Å². The van der Waals surface area contributed by atoms with Crippen molar-refractivity contribution in [1.29, 1.82) is 0 Å². The molecule has 0 bridgehead atoms. The third kappa shape index (κ3) is 3.99. The molecule has 0 spiro atoms. The van der Waals surface area contributed by atoms with Gasteiger partial charge in [0, 0.05) is 10.9 Å². The van der Waals surface area contributed by atoms with Gasteiger partial charge in [-0.2, -0.15) is 0 Å². The molecule has 100 valence electrons. The fourth-order valence-corrected chi connectivity index (χ4v) is 2.84. The van der Waals surface area contributed by atoms with Crippen LogP contribution in [0.5, 0.6) is 5.75 Å². The molecule has 0 aromatic heterocycles. The average molecular weight is 313 g/mol. The van der Waals surface area contributed by atoms with Gasteiger partial charge in [0.05, 0.1) is 12.2 Å². The molecule has 0 unspecified atom stereocenters. The Hall–Kier alpha value is -0.540. The predicted molar refractivity (Wildman–Crippen MR) is 76.8 cm³/mol. The van der Waals surface area contributed by atoms with Crippen LogP contribution in [0.3, 0.4) is 0 Å². The molecular weight excluding hydrogens is 292 g/mol. The summed E-state index contributed by atoms with van der Waals surface area (Å²) in [6, 6.07) is 7.82. The monoisotopic (exact) mass is 312 g/mol. The van der Waals surface area contributed by atoms with Crippen LogP contribution < -0.4 is 4.74 Å². The lowest BCUT2D eigenvalue weighted by molar-refractivity contribution is -0.0234. The van der Waals surface area contributed by atoms with Crippen LogP contribution in [0.1, 0.15) is 39.0 Å². The minimum atomic E-state index is -0.501. The standard InChI is InChI=1S/C15H21BrO2/c1-12-5-7-15(17,8-6-12)9-10-18-14-4-2-3-13(16)11-14/h2-4,11-12,17H,5-10H2,1H3. The highest BCUT2D eigenvalue weighted by atomic mass is 79.9. The van der Waals surface area contributed by atoms with Crippen LogP contribution in [0.25, 0.3) is 0 Å². The predicted octanol–water partition coefficient (Wildman–Crippen LogP) is 4.16. The maximum absolute atomic E-state index is 10.4. The van der Waals surface area contributed by atoms with Crippen molar-refractivity contribution >= 4 is 15.9 Å². The molecule has 2 nitrogen and oxygen atoms in total. The van der Waals surface area contributed by atoms with Crippen LogP contribution in [-0.2, 0) is 0 Å². The topological polar surface area (TPSA) is 29.5 Å². The minimum absolute atomic E-state index is 0.501. The Morgan fingerprint density at radius 2 is 2.11 bits per heavy atom. The van der Waals surface area contributed by atoms with Crippen LogP contribution in [0.2, 0.25) is 0 Å². The molecule has 3 heteroatoms. The summed E-state index contributed by atoms with van der Waals surface area (Å²) in [5.74, 6) is 1.62. The summed E-state index contributed by atoms with van der Waals surface area (Å²) in [6.45, 7) is 2.85. The van der Waals surface area contributed by atoms with Crippen molar-refractivity contribution in [3.63, 3.8) is 0 Å². The van der Waals surface area contributed by atoms with E-state index in [-0.39, 0.29) is 0 Å². The molecule has 1 aromatic rings. The molecule has 0 saturated heterocycles. The fourth-order valence-electron chi connectivity index (χ4n) is 2.47. The van der Waals surface area contributed by atoms with Gasteiger partial charge in [0.25, 0.3) is 0 Å². The molecular formula is C15H21BrO2. The molecule has 0 amide bonds. The Morgan fingerprint density at radius 1 is 1.39 bits per heavy atom. The number of ether oxygens (including phenoxy) is 1. The maximum atomic E-state index is 10.4. The minimum Gasteiger partial charge on any atom is -0.493 e. The quantitative estimate of drug-likeness (QED) is 0.904. The van der Waals surface area contributed by atoms with Crippen molar-refractivity contribution in [3.8, 4) is 5.75 Å². The summed E-state index contributed by atoms with van der Waals surface area (Å²) in [5, 5.41) is 10.4. The summed E-state index contributed by atoms with van der Waals surface area (Å²) in [5.41, 5.74) is -0.501. The van der Waals surface area contributed by atoms with Crippen molar-refractivity contribution in [2.24, 2.45) is 5.92 Å². The molecule has 0 radical (unpaired) electrons. The second-order valence-corrected chi connectivity index (χ2v) is 6.38. The van der Waals surface area contributed by atoms with Crippen molar-refractivity contribution in [2.75, 3.05) is 6.61 Å². The molecule has 0 heterocycles. The van der Waals surface area contributed by atoms with Crippen LogP contribution in [0, 0.1) is 5.92 Å². The molecule has 1 aliphatic carbocycles. The molecule has 1 aliphatic rings. The normalized spacial score (nSPS) is 28.1. The summed E-state index contributed by atoms with van der Waals surface area (Å²) < 4.78 is 6.71. The zero-order chi connectivity index (χ0) is 13.0. The Labute approximate surface area is 117 Å². The van der Waals surface area contributed by atoms with Gasteiger partial charge in [0.2, 0.25) is 0 Å². The lowest BCUT2D eigenvalue weighted by Crippen LogP contribution is -2.35. The van der Waals surface area contributed by atoms with E-state index in [0.717, 1.165) is 48.2 Å². The first-order chi connectivity index (χ1) is 8.57. The first-order valence-corrected chi connectivity index (χ1v) is 7.47. The van der Waals surface area contributed by atoms with Crippen LogP contribution in [-0.4, -0.2) is 17.3 Å². The Bertz CT molecular complexity index is 384. The molecule has 2 rings (SSSR count). The van der Waals surface area contributed by atoms with Gasteiger partial charge in [0.1, 0.15) is 5.75 Å². The highest BCUT2D eigenvalue weighted by Gasteiger charge is 2.31. The number of rotatable bonds is 4. The van der Waals surface area contributed by atoms with Gasteiger partial charge in [-0.1, -0.05) is 28.9 Å². The number of hydrogen-bond acceptors (Lipinski definition) is 2. The SMILES string of the molecule is CC1CCC(O)(CCOc2cccc(Br)c2)CC1. The van der Waals surface area contributed by atoms with Crippen LogP contribution in [0.15, 0.2) is 28.7 Å². The van der Waals surface area contributed by atoms with Gasteiger partial charge in [-0.15, -0.1) is 0 Å². The van der Waals surface area contributed by atoms with Gasteiger partial charge in [-0.3, -0.25) is 0 Å². The van der Waals surface area contributed by atoms with Crippen molar-refractivity contribution in [1.82, 2.24) is 0 Å². The molecule has 0 atom stereocenters.